The average molecular weight is 547 g/mol. The lowest BCUT2D eigenvalue weighted by Crippen LogP contribution is -2.39. The monoisotopic (exact) mass is 546 g/mol. The quantitative estimate of drug-likeness (QED) is 0.276. The van der Waals surface area contributed by atoms with Gasteiger partial charge in [0.05, 0.1) is 18.2 Å². The largest absolute Gasteiger partial charge is 0.394 e. The minimum absolute atomic E-state index is 0.156. The summed E-state index contributed by atoms with van der Waals surface area (Å²) in [7, 11) is 0. The number of pyridine rings is 2. The van der Waals surface area contributed by atoms with E-state index in [1.54, 1.807) is 28.9 Å². The Labute approximate surface area is 231 Å². The molecule has 1 atom stereocenters. The van der Waals surface area contributed by atoms with Crippen LogP contribution in [0.25, 0.3) is 16.9 Å². The third-order valence-corrected chi connectivity index (χ3v) is 7.59. The number of imidazole rings is 1. The maximum atomic E-state index is 13.5. The van der Waals surface area contributed by atoms with Gasteiger partial charge in [-0.25, -0.2) is 9.97 Å². The fourth-order valence-corrected chi connectivity index (χ4v) is 5.67. The summed E-state index contributed by atoms with van der Waals surface area (Å²) in [5, 5.41) is 19.7. The molecule has 1 aliphatic heterocycles. The number of hydrogen-bond donors (Lipinski definition) is 3. The number of rotatable bonds is 10. The second-order valence-corrected chi connectivity index (χ2v) is 11.1. The van der Waals surface area contributed by atoms with Gasteiger partial charge in [-0.05, 0) is 66.5 Å². The van der Waals surface area contributed by atoms with Crippen molar-refractivity contribution in [1.82, 2.24) is 25.0 Å². The van der Waals surface area contributed by atoms with Crippen molar-refractivity contribution < 1.29 is 14.7 Å². The molecule has 10 heteroatoms. The molecule has 0 spiro atoms. The van der Waals surface area contributed by atoms with Gasteiger partial charge in [0.15, 0.2) is 5.65 Å². The van der Waals surface area contributed by atoms with Gasteiger partial charge >= 0.3 is 0 Å². The first-order valence-electron chi connectivity index (χ1n) is 13.4. The zero-order valence-corrected chi connectivity index (χ0v) is 23.1. The van der Waals surface area contributed by atoms with Crippen LogP contribution >= 0.6 is 11.3 Å². The van der Waals surface area contributed by atoms with Crippen LogP contribution in [0.5, 0.6) is 0 Å². The molecule has 3 N–H and O–H groups in total. The van der Waals surface area contributed by atoms with Gasteiger partial charge in [-0.15, -0.1) is 0 Å². The number of carbonyl (C=O) groups excluding carboxylic acids is 2. The number of hydrogen-bond acceptors (Lipinski definition) is 7. The third kappa shape index (κ3) is 5.97. The zero-order valence-electron chi connectivity index (χ0n) is 22.3. The molecule has 4 aromatic rings. The van der Waals surface area contributed by atoms with Crippen molar-refractivity contribution in [3.05, 3.63) is 70.3 Å². The Morgan fingerprint density at radius 2 is 1.97 bits per heavy atom. The number of anilines is 1. The minimum atomic E-state index is -0.379. The van der Waals surface area contributed by atoms with Crippen LogP contribution in [0, 0.1) is 5.92 Å². The lowest BCUT2D eigenvalue weighted by molar-refractivity contribution is 0.0901. The highest BCUT2D eigenvalue weighted by molar-refractivity contribution is 7.08. The maximum absolute atomic E-state index is 13.5. The van der Waals surface area contributed by atoms with Crippen molar-refractivity contribution in [1.29, 1.82) is 0 Å². The number of aliphatic hydroxyl groups is 1. The predicted octanol–water partition coefficient (Wildman–Crippen LogP) is 4.12. The standard InChI is InChI=1S/C29H34N6O3S/c1-19(2)14-22(17-36)32-29(38)26-25(21-8-13-39-18-21)33-27-23(6-5-12-35(26)27)28(37)31-16-20-7-9-30-24(15-20)34-10-3-4-11-34/h5-9,12-13,15,18-19,22,36H,3-4,10-11,14,16-17H2,1-2H3,(H,31,37)(H,32,38)/t22-/m0/s1. The summed E-state index contributed by atoms with van der Waals surface area (Å²) in [6, 6.07) is 8.91. The molecule has 4 aromatic heterocycles. The number of aromatic nitrogens is 3. The Hall–Kier alpha value is -3.76. The first-order valence-corrected chi connectivity index (χ1v) is 14.3. The molecule has 0 unspecified atom stereocenters. The molecular formula is C29H34N6O3S. The van der Waals surface area contributed by atoms with Crippen molar-refractivity contribution >= 4 is 34.6 Å². The molecule has 0 saturated carbocycles. The van der Waals surface area contributed by atoms with Crippen molar-refractivity contribution in [2.75, 3.05) is 24.6 Å². The van der Waals surface area contributed by atoms with E-state index in [1.165, 1.54) is 24.2 Å². The Kier molecular flexibility index (Phi) is 8.23. The molecule has 204 valence electrons. The van der Waals surface area contributed by atoms with Crippen LogP contribution in [0.15, 0.2) is 53.5 Å². The van der Waals surface area contributed by atoms with Gasteiger partial charge in [0.25, 0.3) is 11.8 Å². The number of thiophene rings is 1. The summed E-state index contributed by atoms with van der Waals surface area (Å²) >= 11 is 1.51. The van der Waals surface area contributed by atoms with Crippen LogP contribution in [-0.4, -0.2) is 57.0 Å². The Morgan fingerprint density at radius 3 is 2.69 bits per heavy atom. The summed E-state index contributed by atoms with van der Waals surface area (Å²) in [6.07, 6.45) is 6.51. The van der Waals surface area contributed by atoms with Crippen LogP contribution < -0.4 is 15.5 Å². The van der Waals surface area contributed by atoms with E-state index >= 15 is 0 Å². The van der Waals surface area contributed by atoms with Crippen molar-refractivity contribution in [2.24, 2.45) is 5.92 Å². The van der Waals surface area contributed by atoms with Gasteiger partial charge in [0, 0.05) is 43.0 Å². The molecule has 0 bridgehead atoms. The summed E-state index contributed by atoms with van der Waals surface area (Å²) in [5.74, 6) is 0.626. The van der Waals surface area contributed by atoms with E-state index in [9.17, 15) is 14.7 Å². The van der Waals surface area contributed by atoms with Crippen LogP contribution in [-0.2, 0) is 6.54 Å². The number of nitrogens with one attached hydrogen (secondary N) is 2. The number of nitrogens with zero attached hydrogens (tertiary/aromatic N) is 4. The van der Waals surface area contributed by atoms with E-state index in [4.69, 9.17) is 4.98 Å². The number of carbonyl (C=O) groups is 2. The molecule has 1 aliphatic rings. The number of aliphatic hydroxyl groups excluding tert-OH is 1. The normalized spacial score (nSPS) is 14.2. The average Bonchev–Trinajstić information content (AvgIpc) is 3.71. The Bertz CT molecular complexity index is 1440. The van der Waals surface area contributed by atoms with E-state index < -0.39 is 0 Å². The Morgan fingerprint density at radius 1 is 1.15 bits per heavy atom. The fourth-order valence-electron chi connectivity index (χ4n) is 5.03. The van der Waals surface area contributed by atoms with Crippen molar-refractivity contribution in [2.45, 2.75) is 45.7 Å². The van der Waals surface area contributed by atoms with E-state index in [0.29, 0.717) is 41.5 Å². The van der Waals surface area contributed by atoms with Crippen LogP contribution in [0.4, 0.5) is 5.82 Å². The molecule has 39 heavy (non-hydrogen) atoms. The topological polar surface area (TPSA) is 112 Å². The minimum Gasteiger partial charge on any atom is -0.394 e. The van der Waals surface area contributed by atoms with Gasteiger partial charge in [-0.3, -0.25) is 14.0 Å². The molecule has 1 fully saturated rings. The molecular weight excluding hydrogens is 512 g/mol. The van der Waals surface area contributed by atoms with Gasteiger partial charge < -0.3 is 20.6 Å². The Balaban J connectivity index is 1.43. The summed E-state index contributed by atoms with van der Waals surface area (Å²) < 4.78 is 1.67. The highest BCUT2D eigenvalue weighted by atomic mass is 32.1. The predicted molar refractivity (Wildman–Crippen MR) is 153 cm³/mol. The lowest BCUT2D eigenvalue weighted by atomic mass is 10.0. The summed E-state index contributed by atoms with van der Waals surface area (Å²) in [6.45, 7) is 6.29. The SMILES string of the molecule is CC(C)C[C@@H](CO)NC(=O)c1c(-c2ccsc2)nc2c(C(=O)NCc3ccnc(N4CCCC4)c3)cccn12. The zero-order chi connectivity index (χ0) is 27.4. The molecule has 5 heterocycles. The summed E-state index contributed by atoms with van der Waals surface area (Å²) in [5.41, 5.74) is 3.39. The first kappa shape index (κ1) is 26.8. The smallest absolute Gasteiger partial charge is 0.270 e. The second kappa shape index (κ2) is 12.0. The highest BCUT2D eigenvalue weighted by Crippen LogP contribution is 2.28. The van der Waals surface area contributed by atoms with Crippen molar-refractivity contribution in [3.8, 4) is 11.3 Å². The lowest BCUT2D eigenvalue weighted by Gasteiger charge is -2.18. The van der Waals surface area contributed by atoms with Gasteiger partial charge in [0.1, 0.15) is 17.2 Å². The van der Waals surface area contributed by atoms with Crippen LogP contribution in [0.3, 0.4) is 0 Å². The second-order valence-electron chi connectivity index (χ2n) is 10.3. The van der Waals surface area contributed by atoms with Gasteiger partial charge in [-0.1, -0.05) is 13.8 Å². The molecule has 0 aliphatic carbocycles. The fraction of sp³-hybridized carbons (Fsp3) is 0.379. The van der Waals surface area contributed by atoms with Crippen LogP contribution in [0.1, 0.15) is 59.5 Å². The third-order valence-electron chi connectivity index (χ3n) is 6.91. The molecule has 9 nitrogen and oxygen atoms in total. The number of amides is 2. The van der Waals surface area contributed by atoms with Crippen molar-refractivity contribution in [3.63, 3.8) is 0 Å². The van der Waals surface area contributed by atoms with Gasteiger partial charge in [-0.2, -0.15) is 11.3 Å². The molecule has 2 amide bonds. The maximum Gasteiger partial charge on any atom is 0.270 e. The molecule has 1 saturated heterocycles. The molecule has 0 radical (unpaired) electrons. The van der Waals surface area contributed by atoms with Crippen LogP contribution in [0.2, 0.25) is 0 Å². The first-order chi connectivity index (χ1) is 18.9. The number of fused-ring (bicyclic) bond motifs is 1. The van der Waals surface area contributed by atoms with E-state index in [-0.39, 0.29) is 24.5 Å². The highest BCUT2D eigenvalue weighted by Gasteiger charge is 2.26. The van der Waals surface area contributed by atoms with E-state index in [2.05, 4.69) is 20.5 Å². The van der Waals surface area contributed by atoms with E-state index in [0.717, 1.165) is 30.0 Å². The summed E-state index contributed by atoms with van der Waals surface area (Å²) in [4.78, 5) is 38.4. The molecule has 0 aromatic carbocycles. The van der Waals surface area contributed by atoms with Gasteiger partial charge in [0.2, 0.25) is 0 Å². The molecule has 5 rings (SSSR count). The van der Waals surface area contributed by atoms with E-state index in [1.807, 2.05) is 42.8 Å².